The van der Waals surface area contributed by atoms with Crippen LogP contribution in [0.5, 0.6) is 0 Å². The molecule has 3 heteroatoms. The van der Waals surface area contributed by atoms with E-state index in [9.17, 15) is 4.79 Å². The molecule has 2 nitrogen and oxygen atoms in total. The normalized spacial score (nSPS) is 16.9. The van der Waals surface area contributed by atoms with Gasteiger partial charge in [-0.05, 0) is 34.8 Å². The van der Waals surface area contributed by atoms with Crippen LogP contribution in [0.1, 0.15) is 32.1 Å². The standard InChI is InChI=1S/C16H18BrNO/c17-14-10-18(15-9-5-4-8-13(14)15)11-16(19)12-6-2-1-3-7-12/h4-5,8-10,12H,1-3,6-7,11H2. The van der Waals surface area contributed by atoms with Crippen LogP contribution in [0.2, 0.25) is 0 Å². The van der Waals surface area contributed by atoms with Crippen LogP contribution in [0.4, 0.5) is 0 Å². The number of carbonyl (C=O) groups excluding carboxylic acids is 1. The van der Waals surface area contributed by atoms with E-state index in [1.54, 1.807) is 0 Å². The molecule has 0 spiro atoms. The first-order valence-corrected chi connectivity index (χ1v) is 7.81. The zero-order valence-electron chi connectivity index (χ0n) is 10.9. The van der Waals surface area contributed by atoms with Gasteiger partial charge in [-0.3, -0.25) is 4.79 Å². The Morgan fingerprint density at radius 2 is 1.95 bits per heavy atom. The van der Waals surface area contributed by atoms with E-state index in [2.05, 4.69) is 32.6 Å². The second kappa shape index (κ2) is 5.49. The van der Waals surface area contributed by atoms with Crippen molar-refractivity contribution in [3.05, 3.63) is 34.9 Å². The van der Waals surface area contributed by atoms with E-state index in [0.29, 0.717) is 12.3 Å². The van der Waals surface area contributed by atoms with Crippen molar-refractivity contribution in [1.29, 1.82) is 0 Å². The lowest BCUT2D eigenvalue weighted by Crippen LogP contribution is -2.22. The molecule has 1 saturated carbocycles. The monoisotopic (exact) mass is 319 g/mol. The summed E-state index contributed by atoms with van der Waals surface area (Å²) in [6.07, 6.45) is 7.92. The van der Waals surface area contributed by atoms with E-state index in [4.69, 9.17) is 0 Å². The van der Waals surface area contributed by atoms with Crippen LogP contribution in [0.15, 0.2) is 34.9 Å². The average molecular weight is 320 g/mol. The maximum absolute atomic E-state index is 12.4. The van der Waals surface area contributed by atoms with Crippen LogP contribution in [0, 0.1) is 5.92 Å². The van der Waals surface area contributed by atoms with E-state index in [1.165, 1.54) is 24.6 Å². The molecule has 0 aliphatic heterocycles. The van der Waals surface area contributed by atoms with Gasteiger partial charge in [0, 0.05) is 27.5 Å². The van der Waals surface area contributed by atoms with Gasteiger partial charge >= 0.3 is 0 Å². The van der Waals surface area contributed by atoms with Crippen molar-refractivity contribution in [1.82, 2.24) is 4.57 Å². The molecule has 19 heavy (non-hydrogen) atoms. The van der Waals surface area contributed by atoms with Crippen LogP contribution in [0.3, 0.4) is 0 Å². The van der Waals surface area contributed by atoms with Crippen molar-refractivity contribution < 1.29 is 4.79 Å². The number of ketones is 1. The highest BCUT2D eigenvalue weighted by molar-refractivity contribution is 9.10. The minimum atomic E-state index is 0.286. The number of fused-ring (bicyclic) bond motifs is 1. The van der Waals surface area contributed by atoms with Gasteiger partial charge in [-0.1, -0.05) is 37.5 Å². The number of nitrogens with zero attached hydrogens (tertiary/aromatic N) is 1. The number of hydrogen-bond donors (Lipinski definition) is 0. The molecule has 0 saturated heterocycles. The lowest BCUT2D eigenvalue weighted by molar-refractivity contribution is -0.124. The van der Waals surface area contributed by atoms with Crippen molar-refractivity contribution in [2.24, 2.45) is 5.92 Å². The third-order valence-electron chi connectivity index (χ3n) is 4.13. The molecule has 0 amide bonds. The molecule has 1 aliphatic carbocycles. The maximum Gasteiger partial charge on any atom is 0.155 e. The fraction of sp³-hybridized carbons (Fsp3) is 0.438. The Morgan fingerprint density at radius 3 is 2.74 bits per heavy atom. The zero-order valence-corrected chi connectivity index (χ0v) is 12.5. The first-order chi connectivity index (χ1) is 9.25. The number of halogens is 1. The predicted molar refractivity (Wildman–Crippen MR) is 81.2 cm³/mol. The predicted octanol–water partition coefficient (Wildman–Crippen LogP) is 4.55. The van der Waals surface area contributed by atoms with Gasteiger partial charge in [0.1, 0.15) is 0 Å². The first kappa shape index (κ1) is 12.9. The number of benzene rings is 1. The smallest absolute Gasteiger partial charge is 0.155 e. The van der Waals surface area contributed by atoms with Crippen molar-refractivity contribution in [2.45, 2.75) is 38.6 Å². The topological polar surface area (TPSA) is 22.0 Å². The minimum absolute atomic E-state index is 0.286. The summed E-state index contributed by atoms with van der Waals surface area (Å²) in [7, 11) is 0. The van der Waals surface area contributed by atoms with E-state index in [1.807, 2.05) is 18.3 Å². The number of carbonyl (C=O) groups is 1. The largest absolute Gasteiger partial charge is 0.339 e. The maximum atomic E-state index is 12.4. The summed E-state index contributed by atoms with van der Waals surface area (Å²) in [6.45, 7) is 0.511. The van der Waals surface area contributed by atoms with Crippen molar-refractivity contribution in [3.63, 3.8) is 0 Å². The summed E-state index contributed by atoms with van der Waals surface area (Å²) in [6, 6.07) is 8.21. The fourth-order valence-corrected chi connectivity index (χ4v) is 3.64. The van der Waals surface area contributed by atoms with Gasteiger partial charge in [-0.15, -0.1) is 0 Å². The van der Waals surface area contributed by atoms with Crippen LogP contribution < -0.4 is 0 Å². The molecule has 100 valence electrons. The fourth-order valence-electron chi connectivity index (χ4n) is 3.05. The Balaban J connectivity index is 1.83. The average Bonchev–Trinajstić information content (AvgIpc) is 2.77. The van der Waals surface area contributed by atoms with Crippen LogP contribution >= 0.6 is 15.9 Å². The molecule has 1 aliphatic rings. The van der Waals surface area contributed by atoms with Crippen molar-refractivity contribution in [2.75, 3.05) is 0 Å². The van der Waals surface area contributed by atoms with Crippen molar-refractivity contribution in [3.8, 4) is 0 Å². The third-order valence-corrected chi connectivity index (χ3v) is 4.76. The molecular formula is C16H18BrNO. The Labute approximate surface area is 121 Å². The Bertz CT molecular complexity index is 596. The SMILES string of the molecule is O=C(Cn1cc(Br)c2ccccc21)C1CCCCC1. The van der Waals surface area contributed by atoms with Gasteiger partial charge in [-0.2, -0.15) is 0 Å². The van der Waals surface area contributed by atoms with E-state index in [-0.39, 0.29) is 5.92 Å². The zero-order chi connectivity index (χ0) is 13.2. The molecular weight excluding hydrogens is 302 g/mol. The van der Waals surface area contributed by atoms with E-state index >= 15 is 0 Å². The van der Waals surface area contributed by atoms with E-state index in [0.717, 1.165) is 22.8 Å². The second-order valence-electron chi connectivity index (χ2n) is 5.42. The van der Waals surface area contributed by atoms with Crippen LogP contribution in [0.25, 0.3) is 10.9 Å². The molecule has 0 N–H and O–H groups in total. The van der Waals surface area contributed by atoms with Gasteiger partial charge in [0.05, 0.1) is 6.54 Å². The van der Waals surface area contributed by atoms with Crippen molar-refractivity contribution >= 4 is 32.6 Å². The number of para-hydroxylation sites is 1. The Kier molecular flexibility index (Phi) is 3.74. The van der Waals surface area contributed by atoms with Gasteiger partial charge in [0.25, 0.3) is 0 Å². The lowest BCUT2D eigenvalue weighted by atomic mass is 9.86. The van der Waals surface area contributed by atoms with Gasteiger partial charge in [-0.25, -0.2) is 0 Å². The summed E-state index contributed by atoms with van der Waals surface area (Å²) in [5.74, 6) is 0.682. The first-order valence-electron chi connectivity index (χ1n) is 7.02. The number of rotatable bonds is 3. The van der Waals surface area contributed by atoms with Gasteiger partial charge in [0.15, 0.2) is 5.78 Å². The van der Waals surface area contributed by atoms with Crippen LogP contribution in [-0.2, 0) is 11.3 Å². The summed E-state index contributed by atoms with van der Waals surface area (Å²) in [5.41, 5.74) is 1.14. The van der Waals surface area contributed by atoms with Crippen LogP contribution in [-0.4, -0.2) is 10.4 Å². The number of aromatic nitrogens is 1. The molecule has 0 bridgehead atoms. The molecule has 0 atom stereocenters. The molecule has 1 aromatic carbocycles. The highest BCUT2D eigenvalue weighted by atomic mass is 79.9. The summed E-state index contributed by atoms with van der Waals surface area (Å²) >= 11 is 3.57. The third kappa shape index (κ3) is 2.62. The number of Topliss-reactive ketones (excluding diaryl/α,β-unsaturated/α-hetero) is 1. The molecule has 1 aromatic heterocycles. The molecule has 0 unspecified atom stereocenters. The van der Waals surface area contributed by atoms with E-state index < -0.39 is 0 Å². The lowest BCUT2D eigenvalue weighted by Gasteiger charge is -2.20. The summed E-state index contributed by atoms with van der Waals surface area (Å²) < 4.78 is 3.15. The quantitative estimate of drug-likeness (QED) is 0.813. The Hall–Kier alpha value is -1.09. The Morgan fingerprint density at radius 1 is 1.21 bits per heavy atom. The molecule has 0 radical (unpaired) electrons. The molecule has 1 heterocycles. The summed E-state index contributed by atoms with van der Waals surface area (Å²) in [5, 5.41) is 1.18. The van der Waals surface area contributed by atoms with Gasteiger partial charge in [0.2, 0.25) is 0 Å². The van der Waals surface area contributed by atoms with Gasteiger partial charge < -0.3 is 4.57 Å². The second-order valence-corrected chi connectivity index (χ2v) is 6.28. The molecule has 3 rings (SSSR count). The highest BCUT2D eigenvalue weighted by Gasteiger charge is 2.21. The minimum Gasteiger partial charge on any atom is -0.339 e. The molecule has 2 aromatic rings. The highest BCUT2D eigenvalue weighted by Crippen LogP contribution is 2.28. The number of hydrogen-bond acceptors (Lipinski definition) is 1. The summed E-state index contributed by atoms with van der Waals surface area (Å²) in [4.78, 5) is 12.4. The molecule has 1 fully saturated rings.